The molecule has 0 aromatic heterocycles. The number of benzene rings is 2. The smallest absolute Gasteiger partial charge is 0.255 e. The fraction of sp³-hybridized carbons (Fsp3) is 0.188. The summed E-state index contributed by atoms with van der Waals surface area (Å²) in [6, 6.07) is 15.4. The van der Waals surface area contributed by atoms with Gasteiger partial charge in [0.05, 0.1) is 5.56 Å². The van der Waals surface area contributed by atoms with Crippen LogP contribution in [-0.2, 0) is 6.42 Å². The van der Waals surface area contributed by atoms with Crippen molar-refractivity contribution in [3.63, 3.8) is 0 Å². The highest BCUT2D eigenvalue weighted by Crippen LogP contribution is 2.35. The Balaban J connectivity index is 1.61. The van der Waals surface area contributed by atoms with Crippen LogP contribution < -0.4 is 14.8 Å². The molecule has 0 atom stereocenters. The molecule has 20 heavy (non-hydrogen) atoms. The van der Waals surface area contributed by atoms with Gasteiger partial charge in [0.1, 0.15) is 0 Å². The van der Waals surface area contributed by atoms with Gasteiger partial charge in [-0.1, -0.05) is 36.4 Å². The first kappa shape index (κ1) is 12.5. The van der Waals surface area contributed by atoms with Gasteiger partial charge in [-0.05, 0) is 24.1 Å². The average molecular weight is 269 g/mol. The maximum absolute atomic E-state index is 12.1. The van der Waals surface area contributed by atoms with Crippen molar-refractivity contribution in [2.45, 2.75) is 6.42 Å². The van der Waals surface area contributed by atoms with Crippen LogP contribution >= 0.6 is 0 Å². The normalized spacial score (nSPS) is 12.2. The minimum absolute atomic E-state index is 0.136. The maximum atomic E-state index is 12.1. The lowest BCUT2D eigenvalue weighted by Gasteiger charge is -2.07. The van der Waals surface area contributed by atoms with Crippen LogP contribution in [0, 0.1) is 0 Å². The van der Waals surface area contributed by atoms with Gasteiger partial charge in [0.25, 0.3) is 5.91 Å². The van der Waals surface area contributed by atoms with E-state index in [9.17, 15) is 4.79 Å². The number of fused-ring (bicyclic) bond motifs is 1. The monoisotopic (exact) mass is 269 g/mol. The first-order valence-corrected chi connectivity index (χ1v) is 6.55. The first-order chi connectivity index (χ1) is 9.84. The molecular weight excluding hydrogens is 254 g/mol. The van der Waals surface area contributed by atoms with Crippen LogP contribution in [0.15, 0.2) is 48.5 Å². The molecule has 0 radical (unpaired) electrons. The highest BCUT2D eigenvalue weighted by atomic mass is 16.7. The highest BCUT2D eigenvalue weighted by Gasteiger charge is 2.21. The van der Waals surface area contributed by atoms with E-state index in [4.69, 9.17) is 9.47 Å². The Kier molecular flexibility index (Phi) is 3.54. The second-order valence-electron chi connectivity index (χ2n) is 4.53. The number of ether oxygens (including phenoxy) is 2. The zero-order valence-corrected chi connectivity index (χ0v) is 11.0. The number of nitrogens with one attached hydrogen (secondary N) is 1. The third kappa shape index (κ3) is 2.59. The summed E-state index contributed by atoms with van der Waals surface area (Å²) in [7, 11) is 0. The van der Waals surface area contributed by atoms with Gasteiger partial charge < -0.3 is 14.8 Å². The lowest BCUT2D eigenvalue weighted by atomic mass is 10.1. The molecular formula is C16H15NO3. The van der Waals surface area contributed by atoms with Gasteiger partial charge in [-0.25, -0.2) is 0 Å². The Morgan fingerprint density at radius 1 is 1.05 bits per heavy atom. The molecule has 2 aromatic carbocycles. The van der Waals surface area contributed by atoms with Gasteiger partial charge in [0.15, 0.2) is 11.5 Å². The van der Waals surface area contributed by atoms with E-state index >= 15 is 0 Å². The van der Waals surface area contributed by atoms with Crippen molar-refractivity contribution in [3.05, 3.63) is 59.7 Å². The van der Waals surface area contributed by atoms with E-state index in [0.29, 0.717) is 23.6 Å². The molecule has 0 saturated carbocycles. The van der Waals surface area contributed by atoms with Crippen LogP contribution in [0.1, 0.15) is 15.9 Å². The second-order valence-corrected chi connectivity index (χ2v) is 4.53. The molecule has 0 saturated heterocycles. The second kappa shape index (κ2) is 5.65. The Morgan fingerprint density at radius 3 is 2.75 bits per heavy atom. The summed E-state index contributed by atoms with van der Waals surface area (Å²) in [6.45, 7) is 0.761. The molecule has 4 nitrogen and oxygen atoms in total. The van der Waals surface area contributed by atoms with Crippen molar-refractivity contribution in [2.75, 3.05) is 13.3 Å². The molecule has 0 fully saturated rings. The molecule has 3 rings (SSSR count). The predicted molar refractivity (Wildman–Crippen MR) is 75.0 cm³/mol. The minimum Gasteiger partial charge on any atom is -0.454 e. The SMILES string of the molecule is O=C(NCCc1ccccc1)c1cccc2c1OCO2. The zero-order valence-electron chi connectivity index (χ0n) is 11.0. The summed E-state index contributed by atoms with van der Waals surface area (Å²) >= 11 is 0. The molecule has 2 aromatic rings. The van der Waals surface area contributed by atoms with E-state index in [1.54, 1.807) is 18.2 Å². The predicted octanol–water partition coefficient (Wildman–Crippen LogP) is 2.39. The van der Waals surface area contributed by atoms with Crippen molar-refractivity contribution >= 4 is 5.91 Å². The van der Waals surface area contributed by atoms with Crippen molar-refractivity contribution in [1.29, 1.82) is 0 Å². The van der Waals surface area contributed by atoms with Crippen LogP contribution in [-0.4, -0.2) is 19.2 Å². The third-order valence-electron chi connectivity index (χ3n) is 3.18. The van der Waals surface area contributed by atoms with E-state index in [2.05, 4.69) is 5.32 Å². The number of hydrogen-bond donors (Lipinski definition) is 1. The largest absolute Gasteiger partial charge is 0.454 e. The van der Waals surface area contributed by atoms with Gasteiger partial charge >= 0.3 is 0 Å². The molecule has 1 amide bonds. The summed E-state index contributed by atoms with van der Waals surface area (Å²) in [4.78, 5) is 12.1. The Hall–Kier alpha value is -2.49. The first-order valence-electron chi connectivity index (χ1n) is 6.55. The van der Waals surface area contributed by atoms with E-state index in [1.807, 2.05) is 30.3 Å². The van der Waals surface area contributed by atoms with Crippen LogP contribution in [0.4, 0.5) is 0 Å². The van der Waals surface area contributed by atoms with Crippen LogP contribution in [0.25, 0.3) is 0 Å². The molecule has 0 unspecified atom stereocenters. The Morgan fingerprint density at radius 2 is 1.90 bits per heavy atom. The van der Waals surface area contributed by atoms with Crippen molar-refractivity contribution in [3.8, 4) is 11.5 Å². The van der Waals surface area contributed by atoms with Crippen molar-refractivity contribution in [2.24, 2.45) is 0 Å². The molecule has 0 spiro atoms. The molecule has 1 aliphatic heterocycles. The fourth-order valence-corrected chi connectivity index (χ4v) is 2.17. The Bertz CT molecular complexity index is 610. The molecule has 1 heterocycles. The topological polar surface area (TPSA) is 47.6 Å². The summed E-state index contributed by atoms with van der Waals surface area (Å²) < 4.78 is 10.6. The van der Waals surface area contributed by atoms with Crippen LogP contribution in [0.2, 0.25) is 0 Å². The van der Waals surface area contributed by atoms with Crippen molar-refractivity contribution < 1.29 is 14.3 Å². The van der Waals surface area contributed by atoms with Gasteiger partial charge in [-0.2, -0.15) is 0 Å². The Labute approximate surface area is 117 Å². The van der Waals surface area contributed by atoms with E-state index in [-0.39, 0.29) is 12.7 Å². The van der Waals surface area contributed by atoms with Gasteiger partial charge in [-0.15, -0.1) is 0 Å². The third-order valence-corrected chi connectivity index (χ3v) is 3.18. The summed E-state index contributed by atoms with van der Waals surface area (Å²) in [5, 5.41) is 2.90. The number of para-hydroxylation sites is 1. The molecule has 102 valence electrons. The van der Waals surface area contributed by atoms with Crippen LogP contribution in [0.5, 0.6) is 11.5 Å². The average Bonchev–Trinajstić information content (AvgIpc) is 2.96. The number of carbonyl (C=O) groups excluding carboxylic acids is 1. The van der Waals surface area contributed by atoms with Gasteiger partial charge in [0, 0.05) is 6.54 Å². The maximum Gasteiger partial charge on any atom is 0.255 e. The standard InChI is InChI=1S/C16H15NO3/c18-16(17-10-9-12-5-2-1-3-6-12)13-7-4-8-14-15(13)20-11-19-14/h1-8H,9-11H2,(H,17,18). The number of amides is 1. The zero-order chi connectivity index (χ0) is 13.8. The number of hydrogen-bond acceptors (Lipinski definition) is 3. The molecule has 1 N–H and O–H groups in total. The molecule has 4 heteroatoms. The molecule has 1 aliphatic rings. The minimum atomic E-state index is -0.136. The number of rotatable bonds is 4. The van der Waals surface area contributed by atoms with E-state index in [0.717, 1.165) is 6.42 Å². The van der Waals surface area contributed by atoms with Gasteiger partial charge in [0.2, 0.25) is 6.79 Å². The van der Waals surface area contributed by atoms with E-state index < -0.39 is 0 Å². The van der Waals surface area contributed by atoms with Gasteiger partial charge in [-0.3, -0.25) is 4.79 Å². The lowest BCUT2D eigenvalue weighted by molar-refractivity contribution is 0.0949. The highest BCUT2D eigenvalue weighted by molar-refractivity contribution is 5.97. The summed E-state index contributed by atoms with van der Waals surface area (Å²) in [6.07, 6.45) is 0.805. The fourth-order valence-electron chi connectivity index (χ4n) is 2.17. The quantitative estimate of drug-likeness (QED) is 0.927. The molecule has 0 bridgehead atoms. The number of carbonyl (C=O) groups is 1. The lowest BCUT2D eigenvalue weighted by Crippen LogP contribution is -2.25. The summed E-state index contributed by atoms with van der Waals surface area (Å²) in [5.74, 6) is 1.02. The van der Waals surface area contributed by atoms with Crippen LogP contribution in [0.3, 0.4) is 0 Å². The van der Waals surface area contributed by atoms with Crippen molar-refractivity contribution in [1.82, 2.24) is 5.32 Å². The summed E-state index contributed by atoms with van der Waals surface area (Å²) in [5.41, 5.74) is 1.72. The van der Waals surface area contributed by atoms with E-state index in [1.165, 1.54) is 5.56 Å². The molecule has 0 aliphatic carbocycles.